The fourth-order valence-electron chi connectivity index (χ4n) is 2.70. The van der Waals surface area contributed by atoms with Crippen molar-refractivity contribution in [3.05, 3.63) is 52.5 Å². The molecule has 0 spiro atoms. The van der Waals surface area contributed by atoms with Gasteiger partial charge in [-0.2, -0.15) is 11.3 Å². The zero-order valence-electron chi connectivity index (χ0n) is 13.0. The van der Waals surface area contributed by atoms with Gasteiger partial charge >= 0.3 is 0 Å². The Labute approximate surface area is 145 Å². The molecule has 24 heavy (non-hydrogen) atoms. The number of halogens is 1. The number of hydrogen-bond acceptors (Lipinski definition) is 5. The van der Waals surface area contributed by atoms with E-state index in [0.29, 0.717) is 13.2 Å². The molecule has 1 fully saturated rings. The van der Waals surface area contributed by atoms with Gasteiger partial charge in [0.05, 0.1) is 18.1 Å². The normalized spacial score (nSPS) is 17.7. The molecule has 8 heteroatoms. The summed E-state index contributed by atoms with van der Waals surface area (Å²) in [4.78, 5) is 2.29. The molecule has 1 aromatic heterocycles. The van der Waals surface area contributed by atoms with Gasteiger partial charge in [-0.15, -0.1) is 0 Å². The van der Waals surface area contributed by atoms with Gasteiger partial charge in [-0.05, 0) is 46.7 Å². The van der Waals surface area contributed by atoms with E-state index in [1.807, 2.05) is 16.8 Å². The van der Waals surface area contributed by atoms with Gasteiger partial charge in [-0.3, -0.25) is 4.90 Å². The Kier molecular flexibility index (Phi) is 5.62. The summed E-state index contributed by atoms with van der Waals surface area (Å²) >= 11 is 1.59. The zero-order valence-corrected chi connectivity index (χ0v) is 14.7. The second-order valence-corrected chi connectivity index (χ2v) is 8.07. The van der Waals surface area contributed by atoms with Crippen LogP contribution in [0.25, 0.3) is 0 Å². The van der Waals surface area contributed by atoms with Crippen LogP contribution in [0.2, 0.25) is 0 Å². The molecule has 1 aromatic carbocycles. The predicted molar refractivity (Wildman–Crippen MR) is 91.0 cm³/mol. The Morgan fingerprint density at radius 3 is 2.54 bits per heavy atom. The second-order valence-electron chi connectivity index (χ2n) is 5.53. The third kappa shape index (κ3) is 4.20. The summed E-state index contributed by atoms with van der Waals surface area (Å²) < 4.78 is 45.9. The molecule has 1 aliphatic rings. The lowest BCUT2D eigenvalue weighted by molar-refractivity contribution is 0.0173. The van der Waals surface area contributed by atoms with Gasteiger partial charge in [-0.1, -0.05) is 0 Å². The summed E-state index contributed by atoms with van der Waals surface area (Å²) in [5.74, 6) is -0.460. The first-order valence-corrected chi connectivity index (χ1v) is 10.1. The molecule has 2 aromatic rings. The monoisotopic (exact) mass is 370 g/mol. The van der Waals surface area contributed by atoms with Crippen LogP contribution >= 0.6 is 11.3 Å². The summed E-state index contributed by atoms with van der Waals surface area (Å²) in [6.07, 6.45) is 0. The topological polar surface area (TPSA) is 58.6 Å². The predicted octanol–water partition coefficient (Wildman–Crippen LogP) is 2.24. The first-order valence-electron chi connectivity index (χ1n) is 7.65. The maximum Gasteiger partial charge on any atom is 0.240 e. The zero-order chi connectivity index (χ0) is 17.0. The smallest absolute Gasteiger partial charge is 0.240 e. The summed E-state index contributed by atoms with van der Waals surface area (Å²) in [7, 11) is -3.67. The number of sulfonamides is 1. The largest absolute Gasteiger partial charge is 0.379 e. The van der Waals surface area contributed by atoms with Crippen molar-refractivity contribution in [1.29, 1.82) is 0 Å². The molecule has 5 nitrogen and oxygen atoms in total. The average Bonchev–Trinajstić information content (AvgIpc) is 3.11. The van der Waals surface area contributed by atoms with Gasteiger partial charge in [0, 0.05) is 25.7 Å². The van der Waals surface area contributed by atoms with Crippen LogP contribution in [0.1, 0.15) is 11.6 Å². The van der Waals surface area contributed by atoms with Gasteiger partial charge < -0.3 is 4.74 Å². The van der Waals surface area contributed by atoms with E-state index in [1.165, 1.54) is 12.1 Å². The van der Waals surface area contributed by atoms with E-state index in [2.05, 4.69) is 9.62 Å². The van der Waals surface area contributed by atoms with Crippen LogP contribution in [0.5, 0.6) is 0 Å². The molecule has 3 rings (SSSR count). The minimum absolute atomic E-state index is 0.0460. The lowest BCUT2D eigenvalue weighted by Crippen LogP contribution is -2.43. The van der Waals surface area contributed by atoms with Crippen LogP contribution in [-0.2, 0) is 14.8 Å². The van der Waals surface area contributed by atoms with Crippen molar-refractivity contribution in [3.8, 4) is 0 Å². The molecule has 0 amide bonds. The van der Waals surface area contributed by atoms with Crippen molar-refractivity contribution in [2.75, 3.05) is 32.8 Å². The van der Waals surface area contributed by atoms with Crippen LogP contribution in [0.15, 0.2) is 46.0 Å². The van der Waals surface area contributed by atoms with Gasteiger partial charge in [0.2, 0.25) is 10.0 Å². The highest BCUT2D eigenvalue weighted by Crippen LogP contribution is 2.24. The van der Waals surface area contributed by atoms with E-state index < -0.39 is 15.8 Å². The fraction of sp³-hybridized carbons (Fsp3) is 0.375. The summed E-state index contributed by atoms with van der Waals surface area (Å²) in [5, 5.41) is 4.02. The number of hydrogen-bond donors (Lipinski definition) is 1. The van der Waals surface area contributed by atoms with Crippen LogP contribution < -0.4 is 4.72 Å². The number of rotatable bonds is 6. The quantitative estimate of drug-likeness (QED) is 0.847. The van der Waals surface area contributed by atoms with E-state index >= 15 is 0 Å². The lowest BCUT2D eigenvalue weighted by Gasteiger charge is -2.34. The number of nitrogens with zero attached hydrogens (tertiary/aromatic N) is 1. The Hall–Kier alpha value is -1.32. The molecule has 130 valence electrons. The van der Waals surface area contributed by atoms with E-state index in [1.54, 1.807) is 11.3 Å². The summed E-state index contributed by atoms with van der Waals surface area (Å²) in [6, 6.07) is 6.80. The maximum atomic E-state index is 13.0. The van der Waals surface area contributed by atoms with Crippen molar-refractivity contribution in [3.63, 3.8) is 0 Å². The van der Waals surface area contributed by atoms with E-state index in [4.69, 9.17) is 4.74 Å². The second kappa shape index (κ2) is 7.71. The van der Waals surface area contributed by atoms with Crippen LogP contribution in [0, 0.1) is 5.82 Å². The molecule has 0 radical (unpaired) electrons. The molecular weight excluding hydrogens is 351 g/mol. The number of morpholine rings is 1. The fourth-order valence-corrected chi connectivity index (χ4v) is 4.44. The molecule has 1 saturated heterocycles. The molecule has 0 saturated carbocycles. The third-order valence-electron chi connectivity index (χ3n) is 4.01. The molecule has 1 aliphatic heterocycles. The van der Waals surface area contributed by atoms with Gasteiger partial charge in [-0.25, -0.2) is 17.5 Å². The number of ether oxygens (including phenoxy) is 1. The van der Waals surface area contributed by atoms with Gasteiger partial charge in [0.25, 0.3) is 0 Å². The van der Waals surface area contributed by atoms with Crippen LogP contribution in [0.4, 0.5) is 4.39 Å². The minimum atomic E-state index is -3.67. The van der Waals surface area contributed by atoms with Crippen molar-refractivity contribution in [2.24, 2.45) is 0 Å². The first-order chi connectivity index (χ1) is 11.6. The average molecular weight is 370 g/mol. The number of nitrogens with one attached hydrogen (secondary N) is 1. The van der Waals surface area contributed by atoms with Crippen LogP contribution in [-0.4, -0.2) is 46.2 Å². The lowest BCUT2D eigenvalue weighted by atomic mass is 10.1. The number of thiophene rings is 1. The van der Waals surface area contributed by atoms with E-state index in [-0.39, 0.29) is 17.5 Å². The highest BCUT2D eigenvalue weighted by atomic mass is 32.2. The first kappa shape index (κ1) is 17.5. The standard InChI is InChI=1S/C16H19FN2O3S2/c17-14-1-3-15(4-2-14)24(20,21)18-11-16(13-5-10-23-12-13)19-6-8-22-9-7-19/h1-5,10,12,16,18H,6-9,11H2/t16-/m1/s1. The minimum Gasteiger partial charge on any atom is -0.379 e. The van der Waals surface area contributed by atoms with Crippen LogP contribution in [0.3, 0.4) is 0 Å². The molecule has 1 N–H and O–H groups in total. The molecule has 2 heterocycles. The molecular formula is C16H19FN2O3S2. The van der Waals surface area contributed by atoms with E-state index in [9.17, 15) is 12.8 Å². The Balaban J connectivity index is 1.74. The van der Waals surface area contributed by atoms with Crippen molar-refractivity contribution in [1.82, 2.24) is 9.62 Å². The van der Waals surface area contributed by atoms with Crippen molar-refractivity contribution in [2.45, 2.75) is 10.9 Å². The van der Waals surface area contributed by atoms with Gasteiger partial charge in [0.1, 0.15) is 5.82 Å². The SMILES string of the molecule is O=S(=O)(NC[C@H](c1ccsc1)N1CCOCC1)c1ccc(F)cc1. The maximum absolute atomic E-state index is 13.0. The highest BCUT2D eigenvalue weighted by molar-refractivity contribution is 7.89. The van der Waals surface area contributed by atoms with Crippen molar-refractivity contribution >= 4 is 21.4 Å². The van der Waals surface area contributed by atoms with Crippen molar-refractivity contribution < 1.29 is 17.5 Å². The Morgan fingerprint density at radius 2 is 1.92 bits per heavy atom. The molecule has 0 aliphatic carbocycles. The Bertz CT molecular complexity index is 742. The van der Waals surface area contributed by atoms with E-state index in [0.717, 1.165) is 30.8 Å². The molecule has 0 bridgehead atoms. The highest BCUT2D eigenvalue weighted by Gasteiger charge is 2.25. The Morgan fingerprint density at radius 1 is 1.21 bits per heavy atom. The molecule has 1 atom stereocenters. The van der Waals surface area contributed by atoms with Gasteiger partial charge in [0.15, 0.2) is 0 Å². The summed E-state index contributed by atoms with van der Waals surface area (Å²) in [5.41, 5.74) is 1.09. The summed E-state index contributed by atoms with van der Waals surface area (Å²) in [6.45, 7) is 3.07. The molecule has 0 unspecified atom stereocenters. The number of benzene rings is 1. The third-order valence-corrected chi connectivity index (χ3v) is 6.15.